The van der Waals surface area contributed by atoms with E-state index in [9.17, 15) is 4.79 Å². The molecule has 1 aromatic heterocycles. The highest BCUT2D eigenvalue weighted by Crippen LogP contribution is 2.17. The predicted octanol–water partition coefficient (Wildman–Crippen LogP) is 2.82. The highest BCUT2D eigenvalue weighted by atomic mass is 16.2. The van der Waals surface area contributed by atoms with Crippen molar-refractivity contribution in [1.29, 1.82) is 0 Å². The Hall–Kier alpha value is -2.23. The Balaban J connectivity index is 2.16. The summed E-state index contributed by atoms with van der Waals surface area (Å²) < 4.78 is 2.18. The summed E-state index contributed by atoms with van der Waals surface area (Å²) in [6.45, 7) is 3.77. The molecular formula is C16H21N3O. The van der Waals surface area contributed by atoms with Crippen LogP contribution in [0.1, 0.15) is 23.0 Å². The van der Waals surface area contributed by atoms with Crippen LogP contribution in [-0.4, -0.2) is 29.5 Å². The summed E-state index contributed by atoms with van der Waals surface area (Å²) in [5.74, 6) is 0.0129. The lowest BCUT2D eigenvalue weighted by atomic mass is 10.1. The Morgan fingerprint density at radius 2 is 1.95 bits per heavy atom. The number of aryl methyl sites for hydroxylation is 1. The van der Waals surface area contributed by atoms with Crippen LogP contribution in [0.3, 0.4) is 0 Å². The van der Waals surface area contributed by atoms with E-state index in [4.69, 9.17) is 0 Å². The number of nitrogens with one attached hydrogen (secondary N) is 1. The molecule has 1 aromatic carbocycles. The fourth-order valence-electron chi connectivity index (χ4n) is 2.17. The van der Waals surface area contributed by atoms with Gasteiger partial charge in [0.05, 0.1) is 12.1 Å². The summed E-state index contributed by atoms with van der Waals surface area (Å²) >= 11 is 0. The first-order chi connectivity index (χ1) is 9.63. The lowest BCUT2D eigenvalue weighted by Crippen LogP contribution is -2.23. The molecule has 106 valence electrons. The Morgan fingerprint density at radius 1 is 1.20 bits per heavy atom. The van der Waals surface area contributed by atoms with Crippen molar-refractivity contribution in [1.82, 2.24) is 9.47 Å². The zero-order valence-corrected chi connectivity index (χ0v) is 12.3. The van der Waals surface area contributed by atoms with Crippen LogP contribution in [0.15, 0.2) is 42.6 Å². The number of benzene rings is 1. The second-order valence-corrected chi connectivity index (χ2v) is 4.88. The highest BCUT2D eigenvalue weighted by Gasteiger charge is 2.12. The molecule has 2 rings (SSSR count). The van der Waals surface area contributed by atoms with Crippen LogP contribution in [0.25, 0.3) is 0 Å². The summed E-state index contributed by atoms with van der Waals surface area (Å²) in [5, 5.41) is 3.36. The molecule has 0 radical (unpaired) electrons. The second kappa shape index (κ2) is 6.28. The van der Waals surface area contributed by atoms with Crippen molar-refractivity contribution < 1.29 is 4.79 Å². The van der Waals surface area contributed by atoms with Gasteiger partial charge in [0.2, 0.25) is 0 Å². The predicted molar refractivity (Wildman–Crippen MR) is 81.9 cm³/mol. The number of hydrogen-bond donors (Lipinski definition) is 1. The van der Waals surface area contributed by atoms with Gasteiger partial charge in [-0.2, -0.15) is 0 Å². The molecule has 0 aliphatic rings. The van der Waals surface area contributed by atoms with Crippen LogP contribution < -0.4 is 5.32 Å². The Kier molecular flexibility index (Phi) is 4.45. The first-order valence-corrected chi connectivity index (χ1v) is 6.82. The third-order valence-electron chi connectivity index (χ3n) is 3.29. The maximum absolute atomic E-state index is 12.1. The van der Waals surface area contributed by atoms with Gasteiger partial charge < -0.3 is 14.8 Å². The summed E-state index contributed by atoms with van der Waals surface area (Å²) in [4.78, 5) is 13.7. The molecule has 2 aromatic rings. The van der Waals surface area contributed by atoms with E-state index in [1.807, 2.05) is 30.3 Å². The van der Waals surface area contributed by atoms with Crippen molar-refractivity contribution >= 4 is 11.6 Å². The number of para-hydroxylation sites is 1. The van der Waals surface area contributed by atoms with Gasteiger partial charge in [0.25, 0.3) is 5.91 Å². The third kappa shape index (κ3) is 3.02. The van der Waals surface area contributed by atoms with Crippen LogP contribution >= 0.6 is 0 Å². The zero-order valence-electron chi connectivity index (χ0n) is 12.3. The van der Waals surface area contributed by atoms with Gasteiger partial charge in [-0.1, -0.05) is 12.1 Å². The van der Waals surface area contributed by atoms with Crippen molar-refractivity contribution in [2.45, 2.75) is 20.0 Å². The number of rotatable bonds is 5. The number of hydrogen-bond acceptors (Lipinski definition) is 2. The van der Waals surface area contributed by atoms with E-state index in [1.165, 1.54) is 5.69 Å². The van der Waals surface area contributed by atoms with Gasteiger partial charge in [0.15, 0.2) is 0 Å². The van der Waals surface area contributed by atoms with Crippen molar-refractivity contribution in [3.63, 3.8) is 0 Å². The number of amides is 1. The molecule has 0 atom stereocenters. The number of carbonyl (C=O) groups is 1. The Labute approximate surface area is 120 Å². The number of aromatic nitrogens is 1. The second-order valence-electron chi connectivity index (χ2n) is 4.88. The highest BCUT2D eigenvalue weighted by molar-refractivity contribution is 5.99. The van der Waals surface area contributed by atoms with Crippen molar-refractivity contribution in [3.05, 3.63) is 53.9 Å². The summed E-state index contributed by atoms with van der Waals surface area (Å²) in [5.41, 5.74) is 2.78. The Bertz CT molecular complexity index is 587. The molecule has 0 aliphatic heterocycles. The number of anilines is 1. The molecular weight excluding hydrogens is 250 g/mol. The smallest absolute Gasteiger partial charge is 0.255 e. The van der Waals surface area contributed by atoms with E-state index in [-0.39, 0.29) is 5.91 Å². The van der Waals surface area contributed by atoms with Gasteiger partial charge in [-0.15, -0.1) is 0 Å². The van der Waals surface area contributed by atoms with Crippen LogP contribution in [-0.2, 0) is 13.1 Å². The van der Waals surface area contributed by atoms with Crippen LogP contribution in [0, 0.1) is 0 Å². The maximum atomic E-state index is 12.1. The van der Waals surface area contributed by atoms with E-state index in [0.29, 0.717) is 12.1 Å². The minimum atomic E-state index is 0.0129. The molecule has 0 unspecified atom stereocenters. The quantitative estimate of drug-likeness (QED) is 0.908. The molecule has 20 heavy (non-hydrogen) atoms. The molecule has 0 saturated heterocycles. The average molecular weight is 271 g/mol. The largest absolute Gasteiger partial charge is 0.379 e. The molecule has 4 heteroatoms. The standard InChI is InChI=1S/C16H21N3O/c1-4-19-11-7-8-13(19)12-17-15-10-6-5-9-14(15)16(20)18(2)3/h5-11,17H,4,12H2,1-3H3. The lowest BCUT2D eigenvalue weighted by Gasteiger charge is -2.15. The van der Waals surface area contributed by atoms with Crippen LogP contribution in [0.2, 0.25) is 0 Å². The van der Waals surface area contributed by atoms with E-state index < -0.39 is 0 Å². The minimum Gasteiger partial charge on any atom is -0.379 e. The van der Waals surface area contributed by atoms with Gasteiger partial charge in [0.1, 0.15) is 0 Å². The number of carbonyl (C=O) groups excluding carboxylic acids is 1. The fraction of sp³-hybridized carbons (Fsp3) is 0.312. The maximum Gasteiger partial charge on any atom is 0.255 e. The van der Waals surface area contributed by atoms with Crippen molar-refractivity contribution in [2.24, 2.45) is 0 Å². The first-order valence-electron chi connectivity index (χ1n) is 6.82. The molecule has 0 spiro atoms. The molecule has 1 amide bonds. The normalized spacial score (nSPS) is 10.3. The van der Waals surface area contributed by atoms with E-state index in [0.717, 1.165) is 12.2 Å². The molecule has 1 heterocycles. The molecule has 0 fully saturated rings. The van der Waals surface area contributed by atoms with Crippen LogP contribution in [0.4, 0.5) is 5.69 Å². The van der Waals surface area contributed by atoms with Gasteiger partial charge >= 0.3 is 0 Å². The SMILES string of the molecule is CCn1cccc1CNc1ccccc1C(=O)N(C)C. The lowest BCUT2D eigenvalue weighted by molar-refractivity contribution is 0.0828. The van der Waals surface area contributed by atoms with Crippen LogP contribution in [0.5, 0.6) is 0 Å². The monoisotopic (exact) mass is 271 g/mol. The van der Waals surface area contributed by atoms with Gasteiger partial charge in [-0.05, 0) is 31.2 Å². The van der Waals surface area contributed by atoms with Crippen molar-refractivity contribution in [3.8, 4) is 0 Å². The van der Waals surface area contributed by atoms with Gasteiger partial charge in [0, 0.05) is 38.2 Å². The molecule has 0 saturated carbocycles. The summed E-state index contributed by atoms with van der Waals surface area (Å²) in [6.07, 6.45) is 2.06. The van der Waals surface area contributed by atoms with Gasteiger partial charge in [-0.25, -0.2) is 0 Å². The van der Waals surface area contributed by atoms with E-state index >= 15 is 0 Å². The van der Waals surface area contributed by atoms with E-state index in [2.05, 4.69) is 29.1 Å². The minimum absolute atomic E-state index is 0.0129. The molecule has 4 nitrogen and oxygen atoms in total. The number of nitrogens with zero attached hydrogens (tertiary/aromatic N) is 2. The third-order valence-corrected chi connectivity index (χ3v) is 3.29. The van der Waals surface area contributed by atoms with Crippen molar-refractivity contribution in [2.75, 3.05) is 19.4 Å². The average Bonchev–Trinajstić information content (AvgIpc) is 2.92. The zero-order chi connectivity index (χ0) is 14.5. The molecule has 0 bridgehead atoms. The molecule has 0 aliphatic carbocycles. The summed E-state index contributed by atoms with van der Waals surface area (Å²) in [6, 6.07) is 11.7. The van der Waals surface area contributed by atoms with Gasteiger partial charge in [-0.3, -0.25) is 4.79 Å². The topological polar surface area (TPSA) is 37.3 Å². The summed E-state index contributed by atoms with van der Waals surface area (Å²) in [7, 11) is 3.53. The Morgan fingerprint density at radius 3 is 2.65 bits per heavy atom. The van der Waals surface area contributed by atoms with E-state index in [1.54, 1.807) is 19.0 Å². The molecule has 1 N–H and O–H groups in total. The fourth-order valence-corrected chi connectivity index (χ4v) is 2.17. The first kappa shape index (κ1) is 14.2.